The van der Waals surface area contributed by atoms with Gasteiger partial charge in [-0.1, -0.05) is 18.2 Å². The normalized spacial score (nSPS) is 11.0. The average Bonchev–Trinajstić information content (AvgIpc) is 3.07. The fraction of sp³-hybridized carbons (Fsp3) is 0.214. The summed E-state index contributed by atoms with van der Waals surface area (Å²) < 4.78 is 1.94. The largest absolute Gasteiger partial charge is 0.293 e. The van der Waals surface area contributed by atoms with Gasteiger partial charge in [-0.15, -0.1) is 11.3 Å². The maximum absolute atomic E-state index is 12.1. The third kappa shape index (κ3) is 2.17. The van der Waals surface area contributed by atoms with Crippen molar-refractivity contribution in [2.75, 3.05) is 0 Å². The highest BCUT2D eigenvalue weighted by Gasteiger charge is 2.15. The standard InChI is InChI=1S/C14H13N3OS/c1-2-17-12-6-4-3-5-10(12)11(16-17)7-13(18)14-8-15-9-19-14/h3-6,8-9H,2,7H2,1H3. The van der Waals surface area contributed by atoms with Crippen LogP contribution in [0.1, 0.15) is 22.3 Å². The molecule has 0 aliphatic heterocycles. The van der Waals surface area contributed by atoms with Gasteiger partial charge < -0.3 is 0 Å². The van der Waals surface area contributed by atoms with E-state index in [1.54, 1.807) is 11.7 Å². The molecule has 0 radical (unpaired) electrons. The molecule has 0 saturated heterocycles. The summed E-state index contributed by atoms with van der Waals surface area (Å²) in [6.45, 7) is 2.85. The van der Waals surface area contributed by atoms with Crippen molar-refractivity contribution in [2.24, 2.45) is 0 Å². The van der Waals surface area contributed by atoms with Crippen molar-refractivity contribution in [3.8, 4) is 0 Å². The van der Waals surface area contributed by atoms with Gasteiger partial charge in [0.15, 0.2) is 5.78 Å². The minimum absolute atomic E-state index is 0.0778. The minimum Gasteiger partial charge on any atom is -0.293 e. The Balaban J connectivity index is 1.99. The van der Waals surface area contributed by atoms with Crippen LogP contribution in [-0.4, -0.2) is 20.5 Å². The highest BCUT2D eigenvalue weighted by Crippen LogP contribution is 2.20. The summed E-state index contributed by atoms with van der Waals surface area (Å²) in [7, 11) is 0. The lowest BCUT2D eigenvalue weighted by Crippen LogP contribution is -2.03. The summed E-state index contributed by atoms with van der Waals surface area (Å²) in [5, 5.41) is 5.60. The maximum Gasteiger partial charge on any atom is 0.180 e. The number of aryl methyl sites for hydroxylation is 1. The van der Waals surface area contributed by atoms with Crippen LogP contribution in [0.4, 0.5) is 0 Å². The van der Waals surface area contributed by atoms with E-state index >= 15 is 0 Å². The lowest BCUT2D eigenvalue weighted by Gasteiger charge is -1.95. The average molecular weight is 271 g/mol. The van der Waals surface area contributed by atoms with Crippen molar-refractivity contribution in [3.05, 3.63) is 46.5 Å². The molecule has 2 heterocycles. The second-order valence-electron chi connectivity index (χ2n) is 4.25. The van der Waals surface area contributed by atoms with E-state index in [0.717, 1.165) is 23.1 Å². The number of carbonyl (C=O) groups excluding carboxylic acids is 1. The molecule has 4 nitrogen and oxygen atoms in total. The van der Waals surface area contributed by atoms with Gasteiger partial charge in [-0.05, 0) is 13.0 Å². The van der Waals surface area contributed by atoms with Gasteiger partial charge in [0.25, 0.3) is 0 Å². The molecule has 1 aromatic carbocycles. The highest BCUT2D eigenvalue weighted by atomic mass is 32.1. The number of fused-ring (bicyclic) bond motifs is 1. The summed E-state index contributed by atoms with van der Waals surface area (Å²) >= 11 is 1.37. The first-order valence-corrected chi connectivity index (χ1v) is 7.03. The number of hydrogen-bond acceptors (Lipinski definition) is 4. The molecule has 0 spiro atoms. The second-order valence-corrected chi connectivity index (χ2v) is 5.13. The number of nitrogens with zero attached hydrogens (tertiary/aromatic N) is 3. The molecule has 3 rings (SSSR count). The Kier molecular flexibility index (Phi) is 3.13. The first-order chi connectivity index (χ1) is 9.29. The fourth-order valence-corrected chi connectivity index (χ4v) is 2.72. The molecule has 0 amide bonds. The third-order valence-electron chi connectivity index (χ3n) is 3.07. The van der Waals surface area contributed by atoms with Crippen LogP contribution in [0.25, 0.3) is 10.9 Å². The van der Waals surface area contributed by atoms with E-state index in [9.17, 15) is 4.79 Å². The number of Topliss-reactive ketones (excluding diaryl/α,β-unsaturated/α-hetero) is 1. The van der Waals surface area contributed by atoms with Crippen molar-refractivity contribution in [2.45, 2.75) is 19.9 Å². The van der Waals surface area contributed by atoms with E-state index in [0.29, 0.717) is 11.3 Å². The monoisotopic (exact) mass is 271 g/mol. The fourth-order valence-electron chi connectivity index (χ4n) is 2.16. The number of rotatable bonds is 4. The number of thiazole rings is 1. The van der Waals surface area contributed by atoms with Crippen molar-refractivity contribution >= 4 is 28.0 Å². The summed E-state index contributed by atoms with van der Waals surface area (Å²) in [6, 6.07) is 8.02. The summed E-state index contributed by atoms with van der Waals surface area (Å²) in [5.41, 5.74) is 3.60. The zero-order valence-corrected chi connectivity index (χ0v) is 11.4. The SMILES string of the molecule is CCn1nc(CC(=O)c2cncs2)c2ccccc21. The topological polar surface area (TPSA) is 47.8 Å². The third-order valence-corrected chi connectivity index (χ3v) is 3.88. The maximum atomic E-state index is 12.1. The van der Waals surface area contributed by atoms with Crippen LogP contribution in [-0.2, 0) is 13.0 Å². The van der Waals surface area contributed by atoms with E-state index in [2.05, 4.69) is 10.1 Å². The summed E-state index contributed by atoms with van der Waals surface area (Å²) in [4.78, 5) is 16.8. The van der Waals surface area contributed by atoms with Gasteiger partial charge in [0.05, 0.1) is 28.0 Å². The number of hydrogen-bond donors (Lipinski definition) is 0. The van der Waals surface area contributed by atoms with Crippen molar-refractivity contribution < 1.29 is 4.79 Å². The predicted molar refractivity (Wildman–Crippen MR) is 75.6 cm³/mol. The zero-order valence-electron chi connectivity index (χ0n) is 10.5. The minimum atomic E-state index is 0.0778. The molecular weight excluding hydrogens is 258 g/mol. The molecule has 0 bridgehead atoms. The lowest BCUT2D eigenvalue weighted by atomic mass is 10.1. The van der Waals surface area contributed by atoms with Gasteiger partial charge in [0, 0.05) is 18.1 Å². The molecule has 0 fully saturated rings. The molecule has 0 N–H and O–H groups in total. The molecule has 0 saturated carbocycles. The zero-order chi connectivity index (χ0) is 13.2. The molecule has 0 atom stereocenters. The van der Waals surface area contributed by atoms with Gasteiger partial charge >= 0.3 is 0 Å². The van der Waals surface area contributed by atoms with Crippen LogP contribution in [0.5, 0.6) is 0 Å². The van der Waals surface area contributed by atoms with E-state index in [-0.39, 0.29) is 5.78 Å². The lowest BCUT2D eigenvalue weighted by molar-refractivity contribution is 0.0995. The molecule has 3 aromatic rings. The molecular formula is C14H13N3OS. The van der Waals surface area contributed by atoms with E-state index in [4.69, 9.17) is 0 Å². The number of para-hydroxylation sites is 1. The quantitative estimate of drug-likeness (QED) is 0.685. The van der Waals surface area contributed by atoms with Crippen LogP contribution >= 0.6 is 11.3 Å². The molecule has 0 unspecified atom stereocenters. The van der Waals surface area contributed by atoms with Crippen molar-refractivity contribution in [1.29, 1.82) is 0 Å². The van der Waals surface area contributed by atoms with Gasteiger partial charge in [0.2, 0.25) is 0 Å². The highest BCUT2D eigenvalue weighted by molar-refractivity contribution is 7.11. The molecule has 0 aliphatic carbocycles. The number of ketones is 1. The Morgan fingerprint density at radius 1 is 1.37 bits per heavy atom. The molecule has 0 aliphatic rings. The van der Waals surface area contributed by atoms with Crippen LogP contribution in [0.15, 0.2) is 36.0 Å². The molecule has 19 heavy (non-hydrogen) atoms. The van der Waals surface area contributed by atoms with E-state index in [1.807, 2.05) is 35.9 Å². The van der Waals surface area contributed by atoms with Crippen LogP contribution in [0.2, 0.25) is 0 Å². The Bertz CT molecular complexity index is 715. The predicted octanol–water partition coefficient (Wildman–Crippen LogP) is 2.94. The first-order valence-electron chi connectivity index (χ1n) is 6.15. The smallest absolute Gasteiger partial charge is 0.180 e. The Hall–Kier alpha value is -2.01. The van der Waals surface area contributed by atoms with Crippen LogP contribution in [0.3, 0.4) is 0 Å². The summed E-state index contributed by atoms with van der Waals surface area (Å²) in [5.74, 6) is 0.0778. The van der Waals surface area contributed by atoms with Crippen molar-refractivity contribution in [3.63, 3.8) is 0 Å². The number of carbonyl (C=O) groups is 1. The van der Waals surface area contributed by atoms with Crippen molar-refractivity contribution in [1.82, 2.24) is 14.8 Å². The molecule has 5 heteroatoms. The van der Waals surface area contributed by atoms with Gasteiger partial charge in [0.1, 0.15) is 0 Å². The van der Waals surface area contributed by atoms with Gasteiger partial charge in [-0.2, -0.15) is 5.10 Å². The molecule has 96 valence electrons. The van der Waals surface area contributed by atoms with Gasteiger partial charge in [-0.25, -0.2) is 0 Å². The number of benzene rings is 1. The first kappa shape index (κ1) is 12.0. The van der Waals surface area contributed by atoms with E-state index < -0.39 is 0 Å². The Morgan fingerprint density at radius 3 is 2.95 bits per heavy atom. The second kappa shape index (κ2) is 4.93. The van der Waals surface area contributed by atoms with E-state index in [1.165, 1.54) is 11.3 Å². The van der Waals surface area contributed by atoms with Crippen LogP contribution in [0, 0.1) is 0 Å². The Morgan fingerprint density at radius 2 is 2.21 bits per heavy atom. The molecule has 2 aromatic heterocycles. The summed E-state index contributed by atoms with van der Waals surface area (Å²) in [6.07, 6.45) is 1.95. The number of aromatic nitrogens is 3. The Labute approximate surface area is 114 Å². The van der Waals surface area contributed by atoms with Gasteiger partial charge in [-0.3, -0.25) is 14.5 Å². The van der Waals surface area contributed by atoms with Crippen LogP contribution < -0.4 is 0 Å².